The van der Waals surface area contributed by atoms with E-state index in [1.165, 1.54) is 0 Å². The van der Waals surface area contributed by atoms with Crippen LogP contribution in [0.4, 0.5) is 10.5 Å². The standard InChI is InChI=1S/C16H23N5O2/c1-11(8-9-22)10-17-16(23)19-14-6-4-5-7-15(14)21-13(3)18-12(2)20-21/h4-7,11,22H,8-10H2,1-3H3,(H2,17,19,23). The van der Waals surface area contributed by atoms with Gasteiger partial charge in [-0.15, -0.1) is 0 Å². The number of aromatic nitrogens is 3. The summed E-state index contributed by atoms with van der Waals surface area (Å²) in [5.74, 6) is 1.66. The molecule has 1 aromatic carbocycles. The van der Waals surface area contributed by atoms with Crippen molar-refractivity contribution >= 4 is 11.7 Å². The Balaban J connectivity index is 2.09. The van der Waals surface area contributed by atoms with Crippen LogP contribution in [0.2, 0.25) is 0 Å². The first kappa shape index (κ1) is 17.0. The van der Waals surface area contributed by atoms with Crippen LogP contribution in [0.3, 0.4) is 0 Å². The molecule has 124 valence electrons. The topological polar surface area (TPSA) is 92.1 Å². The number of nitrogens with one attached hydrogen (secondary N) is 2. The van der Waals surface area contributed by atoms with Crippen molar-refractivity contribution in [2.24, 2.45) is 5.92 Å². The number of hydrogen-bond donors (Lipinski definition) is 3. The van der Waals surface area contributed by atoms with E-state index in [1.54, 1.807) is 4.68 Å². The van der Waals surface area contributed by atoms with Crippen molar-refractivity contribution in [2.45, 2.75) is 27.2 Å². The fourth-order valence-electron chi connectivity index (χ4n) is 2.27. The number of anilines is 1. The number of amides is 2. The molecule has 23 heavy (non-hydrogen) atoms. The molecule has 0 saturated heterocycles. The molecule has 0 radical (unpaired) electrons. The molecule has 1 aromatic heterocycles. The lowest BCUT2D eigenvalue weighted by Gasteiger charge is -2.14. The average Bonchev–Trinajstić information content (AvgIpc) is 2.84. The van der Waals surface area contributed by atoms with E-state index in [9.17, 15) is 4.79 Å². The third-order valence-corrected chi connectivity index (χ3v) is 3.49. The van der Waals surface area contributed by atoms with Gasteiger partial charge in [-0.25, -0.2) is 14.5 Å². The predicted octanol–water partition coefficient (Wildman–Crippen LogP) is 2.02. The zero-order valence-electron chi connectivity index (χ0n) is 13.7. The van der Waals surface area contributed by atoms with Gasteiger partial charge in [-0.1, -0.05) is 19.1 Å². The lowest BCUT2D eigenvalue weighted by molar-refractivity contribution is 0.243. The van der Waals surface area contributed by atoms with Crippen LogP contribution in [-0.2, 0) is 0 Å². The van der Waals surface area contributed by atoms with Crippen LogP contribution < -0.4 is 10.6 Å². The Morgan fingerprint density at radius 2 is 2.09 bits per heavy atom. The lowest BCUT2D eigenvalue weighted by atomic mass is 10.1. The quantitative estimate of drug-likeness (QED) is 0.760. The number of aliphatic hydroxyl groups is 1. The average molecular weight is 317 g/mol. The van der Waals surface area contributed by atoms with Crippen molar-refractivity contribution in [1.82, 2.24) is 20.1 Å². The van der Waals surface area contributed by atoms with Crippen molar-refractivity contribution in [3.05, 3.63) is 35.9 Å². The molecule has 1 unspecified atom stereocenters. The Bertz CT molecular complexity index is 668. The van der Waals surface area contributed by atoms with Crippen molar-refractivity contribution in [3.63, 3.8) is 0 Å². The number of hydrogen-bond acceptors (Lipinski definition) is 4. The fraction of sp³-hybridized carbons (Fsp3) is 0.438. The van der Waals surface area contributed by atoms with E-state index < -0.39 is 0 Å². The van der Waals surface area contributed by atoms with E-state index >= 15 is 0 Å². The number of rotatable bonds is 6. The maximum Gasteiger partial charge on any atom is 0.319 e. The number of carbonyl (C=O) groups is 1. The van der Waals surface area contributed by atoms with E-state index in [1.807, 2.05) is 45.0 Å². The number of urea groups is 1. The minimum absolute atomic E-state index is 0.123. The minimum Gasteiger partial charge on any atom is -0.396 e. The maximum absolute atomic E-state index is 12.1. The summed E-state index contributed by atoms with van der Waals surface area (Å²) in [7, 11) is 0. The highest BCUT2D eigenvalue weighted by molar-refractivity contribution is 5.91. The first-order valence-electron chi connectivity index (χ1n) is 7.66. The van der Waals surface area contributed by atoms with Gasteiger partial charge in [-0.2, -0.15) is 5.10 Å². The SMILES string of the molecule is Cc1nc(C)n(-c2ccccc2NC(=O)NCC(C)CCO)n1. The summed E-state index contributed by atoms with van der Waals surface area (Å²) < 4.78 is 1.71. The van der Waals surface area contributed by atoms with E-state index in [0.717, 1.165) is 11.5 Å². The molecule has 0 aliphatic carbocycles. The van der Waals surface area contributed by atoms with Crippen LogP contribution in [-0.4, -0.2) is 39.1 Å². The van der Waals surface area contributed by atoms with E-state index in [0.29, 0.717) is 24.5 Å². The van der Waals surface area contributed by atoms with Gasteiger partial charge in [-0.3, -0.25) is 0 Å². The van der Waals surface area contributed by atoms with Crippen LogP contribution in [0, 0.1) is 19.8 Å². The molecule has 0 fully saturated rings. The van der Waals surface area contributed by atoms with Crippen molar-refractivity contribution in [2.75, 3.05) is 18.5 Å². The molecule has 2 rings (SSSR count). The molecule has 0 spiro atoms. The van der Waals surface area contributed by atoms with Gasteiger partial charge in [0, 0.05) is 13.2 Å². The predicted molar refractivity (Wildman–Crippen MR) is 88.7 cm³/mol. The third kappa shape index (κ3) is 4.53. The number of carbonyl (C=O) groups excluding carboxylic acids is 1. The van der Waals surface area contributed by atoms with Gasteiger partial charge < -0.3 is 15.7 Å². The number of para-hydroxylation sites is 2. The second-order valence-corrected chi connectivity index (χ2v) is 5.59. The number of aliphatic hydroxyl groups excluding tert-OH is 1. The summed E-state index contributed by atoms with van der Waals surface area (Å²) in [6, 6.07) is 7.16. The molecule has 2 aromatic rings. The van der Waals surface area contributed by atoms with Crippen LogP contribution in [0.1, 0.15) is 25.0 Å². The fourth-order valence-corrected chi connectivity index (χ4v) is 2.27. The molecule has 0 aliphatic heterocycles. The molecule has 7 nitrogen and oxygen atoms in total. The summed E-state index contributed by atoms with van der Waals surface area (Å²) in [4.78, 5) is 16.4. The largest absolute Gasteiger partial charge is 0.396 e. The lowest BCUT2D eigenvalue weighted by Crippen LogP contribution is -2.33. The molecular weight excluding hydrogens is 294 g/mol. The first-order valence-corrected chi connectivity index (χ1v) is 7.66. The summed E-state index contributed by atoms with van der Waals surface area (Å²) in [5, 5.41) is 18.9. The minimum atomic E-state index is -0.281. The molecule has 7 heteroatoms. The second kappa shape index (κ2) is 7.73. The maximum atomic E-state index is 12.1. The normalized spacial score (nSPS) is 12.0. The van der Waals surface area contributed by atoms with Gasteiger partial charge in [-0.05, 0) is 38.3 Å². The van der Waals surface area contributed by atoms with Gasteiger partial charge >= 0.3 is 6.03 Å². The highest BCUT2D eigenvalue weighted by Crippen LogP contribution is 2.20. The van der Waals surface area contributed by atoms with Crippen molar-refractivity contribution in [3.8, 4) is 5.69 Å². The van der Waals surface area contributed by atoms with Crippen LogP contribution >= 0.6 is 0 Å². The summed E-state index contributed by atoms with van der Waals surface area (Å²) >= 11 is 0. The molecular formula is C16H23N5O2. The summed E-state index contributed by atoms with van der Waals surface area (Å²) in [5.41, 5.74) is 1.43. The highest BCUT2D eigenvalue weighted by Gasteiger charge is 2.12. The Kier molecular flexibility index (Phi) is 5.70. The smallest absolute Gasteiger partial charge is 0.319 e. The Morgan fingerprint density at radius 1 is 1.35 bits per heavy atom. The Labute approximate surface area is 135 Å². The van der Waals surface area contributed by atoms with E-state index in [2.05, 4.69) is 20.7 Å². The Morgan fingerprint density at radius 3 is 2.74 bits per heavy atom. The summed E-state index contributed by atoms with van der Waals surface area (Å²) in [6.45, 7) is 6.31. The Hall–Kier alpha value is -2.41. The molecule has 1 heterocycles. The molecule has 1 atom stereocenters. The van der Waals surface area contributed by atoms with Crippen molar-refractivity contribution < 1.29 is 9.90 Å². The molecule has 0 saturated carbocycles. The van der Waals surface area contributed by atoms with E-state index in [-0.39, 0.29) is 18.6 Å². The monoisotopic (exact) mass is 317 g/mol. The molecule has 0 bridgehead atoms. The third-order valence-electron chi connectivity index (χ3n) is 3.49. The van der Waals surface area contributed by atoms with Gasteiger partial charge in [0.05, 0.1) is 11.4 Å². The first-order chi connectivity index (χ1) is 11.0. The van der Waals surface area contributed by atoms with Crippen molar-refractivity contribution in [1.29, 1.82) is 0 Å². The van der Waals surface area contributed by atoms with Crippen LogP contribution in [0.25, 0.3) is 5.69 Å². The molecule has 0 aliphatic rings. The van der Waals surface area contributed by atoms with Gasteiger partial charge in [0.2, 0.25) is 0 Å². The van der Waals surface area contributed by atoms with Gasteiger partial charge in [0.25, 0.3) is 0 Å². The number of aryl methyl sites for hydroxylation is 2. The van der Waals surface area contributed by atoms with E-state index in [4.69, 9.17) is 5.11 Å². The van der Waals surface area contributed by atoms with Crippen LogP contribution in [0.5, 0.6) is 0 Å². The zero-order chi connectivity index (χ0) is 16.8. The van der Waals surface area contributed by atoms with Crippen LogP contribution in [0.15, 0.2) is 24.3 Å². The number of nitrogens with zero attached hydrogens (tertiary/aromatic N) is 3. The second-order valence-electron chi connectivity index (χ2n) is 5.59. The summed E-state index contributed by atoms with van der Waals surface area (Å²) in [6.07, 6.45) is 0.661. The van der Waals surface area contributed by atoms with Gasteiger partial charge in [0.1, 0.15) is 11.6 Å². The molecule has 2 amide bonds. The molecule has 3 N–H and O–H groups in total. The number of benzene rings is 1. The van der Waals surface area contributed by atoms with Gasteiger partial charge in [0.15, 0.2) is 0 Å². The highest BCUT2D eigenvalue weighted by atomic mass is 16.3. The zero-order valence-corrected chi connectivity index (χ0v) is 13.7.